The number of rotatable bonds is 4. The van der Waals surface area contributed by atoms with Crippen LogP contribution in [-0.2, 0) is 16.8 Å². The molecule has 4 N–H and O–H groups in total. The van der Waals surface area contributed by atoms with E-state index in [9.17, 15) is 0 Å². The SMILES string of the molecule is CC(=[OH+])CC(C)=[OH+].CC(=[OH+])CC(C)=[OH+].[Co]. The molecule has 0 atom stereocenters. The van der Waals surface area contributed by atoms with Gasteiger partial charge in [-0.1, -0.05) is 0 Å². The van der Waals surface area contributed by atoms with Crippen molar-refractivity contribution < 1.29 is 36.0 Å². The van der Waals surface area contributed by atoms with Crippen LogP contribution in [-0.4, -0.2) is 42.3 Å². The van der Waals surface area contributed by atoms with E-state index in [1.807, 2.05) is 0 Å². The van der Waals surface area contributed by atoms with E-state index in [1.54, 1.807) is 27.7 Å². The Bertz CT molecular complexity index is 196. The fraction of sp³-hybridized carbons (Fsp3) is 0.600. The summed E-state index contributed by atoms with van der Waals surface area (Å²) in [4.78, 5) is 33.8. The summed E-state index contributed by atoms with van der Waals surface area (Å²) in [5, 5.41) is 0. The van der Waals surface area contributed by atoms with Gasteiger partial charge in [-0.15, -0.1) is 0 Å². The quantitative estimate of drug-likeness (QED) is 0.535. The van der Waals surface area contributed by atoms with Crippen LogP contribution in [0.15, 0.2) is 0 Å². The first-order chi connectivity index (χ1) is 6.25. The smallest absolute Gasteiger partial charge is 0.283 e. The van der Waals surface area contributed by atoms with Crippen LogP contribution in [0.4, 0.5) is 0 Å². The van der Waals surface area contributed by atoms with Crippen LogP contribution in [0, 0.1) is 0 Å². The minimum atomic E-state index is 0. The first-order valence-electron chi connectivity index (χ1n) is 4.31. The summed E-state index contributed by atoms with van der Waals surface area (Å²) in [5.74, 6) is 1.00. The Hall–Kier alpha value is -0.814. The summed E-state index contributed by atoms with van der Waals surface area (Å²) >= 11 is 0. The molecule has 0 bridgehead atoms. The maximum atomic E-state index is 8.46. The Morgan fingerprint density at radius 2 is 0.733 bits per heavy atom. The molecule has 0 aromatic rings. The number of hydrogen-bond acceptors (Lipinski definition) is 0. The van der Waals surface area contributed by atoms with Crippen molar-refractivity contribution in [1.29, 1.82) is 0 Å². The third-order valence-corrected chi connectivity index (χ3v) is 1.02. The van der Waals surface area contributed by atoms with Crippen LogP contribution >= 0.6 is 0 Å². The predicted octanol–water partition coefficient (Wildman–Crippen LogP) is 1.01. The molecule has 1 radical (unpaired) electrons. The van der Waals surface area contributed by atoms with Crippen molar-refractivity contribution in [2.24, 2.45) is 0 Å². The monoisotopic (exact) mass is 263 g/mol. The van der Waals surface area contributed by atoms with Gasteiger partial charge in [-0.3, -0.25) is 19.2 Å². The van der Waals surface area contributed by atoms with Crippen molar-refractivity contribution in [1.82, 2.24) is 0 Å². The van der Waals surface area contributed by atoms with Crippen molar-refractivity contribution in [3.63, 3.8) is 0 Å². The maximum absolute atomic E-state index is 8.46. The Morgan fingerprint density at radius 1 is 0.600 bits per heavy atom. The first-order valence-corrected chi connectivity index (χ1v) is 4.31. The van der Waals surface area contributed by atoms with E-state index in [1.165, 1.54) is 0 Å². The molecule has 0 aromatic heterocycles. The first kappa shape index (κ1) is 19.7. The third-order valence-electron chi connectivity index (χ3n) is 1.02. The van der Waals surface area contributed by atoms with Crippen LogP contribution in [0.25, 0.3) is 0 Å². The number of carbonyl (C=O) groups excluding carboxylic acids is 4. The molecule has 0 unspecified atom stereocenters. The van der Waals surface area contributed by atoms with Gasteiger partial charge in [-0.2, -0.15) is 0 Å². The van der Waals surface area contributed by atoms with E-state index in [0.29, 0.717) is 12.8 Å². The van der Waals surface area contributed by atoms with Crippen LogP contribution in [0.5, 0.6) is 0 Å². The molecule has 0 aromatic carbocycles. The van der Waals surface area contributed by atoms with Crippen molar-refractivity contribution in [2.75, 3.05) is 0 Å². The van der Waals surface area contributed by atoms with Crippen LogP contribution < -0.4 is 0 Å². The minimum absolute atomic E-state index is 0. The van der Waals surface area contributed by atoms with Crippen LogP contribution in [0.3, 0.4) is 0 Å². The number of hydrogen-bond donors (Lipinski definition) is 0. The van der Waals surface area contributed by atoms with Gasteiger partial charge in [0.25, 0.3) is 0 Å². The van der Waals surface area contributed by atoms with Crippen LogP contribution in [0.1, 0.15) is 40.5 Å². The zero-order valence-corrected chi connectivity index (χ0v) is 10.6. The Labute approximate surface area is 100.0 Å². The van der Waals surface area contributed by atoms with Crippen LogP contribution in [0.2, 0.25) is 0 Å². The molecular weight excluding hydrogens is 243 g/mol. The molecule has 4 nitrogen and oxygen atoms in total. The van der Waals surface area contributed by atoms with E-state index >= 15 is 0 Å². The van der Waals surface area contributed by atoms with Crippen molar-refractivity contribution in [3.8, 4) is 0 Å². The van der Waals surface area contributed by atoms with Gasteiger partial charge in [0.1, 0.15) is 0 Å². The minimum Gasteiger partial charge on any atom is -0.283 e. The zero-order chi connectivity index (χ0) is 11.7. The molecule has 0 spiro atoms. The summed E-state index contributed by atoms with van der Waals surface area (Å²) < 4.78 is 0. The molecule has 0 fully saturated rings. The Morgan fingerprint density at radius 3 is 0.733 bits per heavy atom. The second-order valence-electron chi connectivity index (χ2n) is 3.29. The number of ketones is 4. The molecule has 5 heteroatoms. The normalized spacial score (nSPS) is 7.73. The molecule has 0 aliphatic heterocycles. The van der Waals surface area contributed by atoms with E-state index in [4.69, 9.17) is 19.2 Å². The van der Waals surface area contributed by atoms with Gasteiger partial charge in [-0.25, -0.2) is 0 Å². The Balaban J connectivity index is -0.000000180. The molecule has 0 aliphatic carbocycles. The molecule has 15 heavy (non-hydrogen) atoms. The standard InChI is InChI=1S/2C5H8O2.Co/c2*1-4(6)3-5(2)7;/h2*3H2,1-2H3;/p+4. The van der Waals surface area contributed by atoms with Crippen molar-refractivity contribution >= 4 is 23.1 Å². The second kappa shape index (κ2) is 11.3. The van der Waals surface area contributed by atoms with Gasteiger partial charge in [0.05, 0.1) is 0 Å². The zero-order valence-electron chi connectivity index (χ0n) is 9.54. The third kappa shape index (κ3) is 32.0. The topological polar surface area (TPSA) is 85.6 Å². The van der Waals surface area contributed by atoms with Gasteiger partial charge in [0.15, 0.2) is 12.8 Å². The van der Waals surface area contributed by atoms with Gasteiger partial charge >= 0.3 is 23.1 Å². The summed E-state index contributed by atoms with van der Waals surface area (Å²) in [6, 6.07) is 0. The average Bonchev–Trinajstić information content (AvgIpc) is 1.79. The fourth-order valence-corrected chi connectivity index (χ4v) is 0.740. The van der Waals surface area contributed by atoms with Gasteiger partial charge in [0, 0.05) is 44.5 Å². The van der Waals surface area contributed by atoms with Gasteiger partial charge in [0.2, 0.25) is 0 Å². The molecule has 0 heterocycles. The molecule has 89 valence electrons. The summed E-state index contributed by atoms with van der Waals surface area (Å²) in [6.07, 6.45) is 0.611. The largest absolute Gasteiger partial charge is 0.302 e. The summed E-state index contributed by atoms with van der Waals surface area (Å²) in [6.45, 7) is 6.22. The molecule has 0 saturated heterocycles. The van der Waals surface area contributed by atoms with Crippen molar-refractivity contribution in [2.45, 2.75) is 40.5 Å². The van der Waals surface area contributed by atoms with E-state index in [0.717, 1.165) is 0 Å². The van der Waals surface area contributed by atoms with E-state index in [2.05, 4.69) is 0 Å². The fourth-order valence-electron chi connectivity index (χ4n) is 0.740. The van der Waals surface area contributed by atoms with Gasteiger partial charge in [-0.05, 0) is 0 Å². The maximum Gasteiger partial charge on any atom is 0.302 e. The molecule has 0 aliphatic rings. The Kier molecular flexibility index (Phi) is 14.8. The molecule has 0 saturated carbocycles. The molecular formula is C10H20CoO4+4. The molecule has 0 rings (SSSR count). The summed E-state index contributed by atoms with van der Waals surface area (Å²) in [7, 11) is 0. The van der Waals surface area contributed by atoms with E-state index in [-0.39, 0.29) is 39.9 Å². The predicted molar refractivity (Wildman–Crippen MR) is 59.7 cm³/mol. The summed E-state index contributed by atoms with van der Waals surface area (Å²) in [5.41, 5.74) is 0. The average molecular weight is 263 g/mol. The second-order valence-corrected chi connectivity index (χ2v) is 3.29. The van der Waals surface area contributed by atoms with E-state index < -0.39 is 0 Å². The van der Waals surface area contributed by atoms with Crippen molar-refractivity contribution in [3.05, 3.63) is 0 Å². The molecule has 0 amide bonds. The van der Waals surface area contributed by atoms with Gasteiger partial charge < -0.3 is 0 Å².